The van der Waals surface area contributed by atoms with Gasteiger partial charge in [-0.05, 0) is 38.3 Å². The van der Waals surface area contributed by atoms with E-state index in [0.717, 1.165) is 25.8 Å². The molecule has 2 rings (SSSR count). The summed E-state index contributed by atoms with van der Waals surface area (Å²) < 4.78 is 0. The topological polar surface area (TPSA) is 59.2 Å². The zero-order valence-corrected chi connectivity index (χ0v) is 11.2. The first-order chi connectivity index (χ1) is 8.59. The number of aromatic nitrogens is 1. The van der Waals surface area contributed by atoms with E-state index in [1.165, 1.54) is 6.20 Å². The van der Waals surface area contributed by atoms with Crippen molar-refractivity contribution in [2.45, 2.75) is 38.3 Å². The molecule has 2 heterocycles. The van der Waals surface area contributed by atoms with Gasteiger partial charge in [0.25, 0.3) is 5.91 Å². The highest BCUT2D eigenvalue weighted by atomic mass is 35.5. The number of hydrogen-bond donors (Lipinski definition) is 1. The summed E-state index contributed by atoms with van der Waals surface area (Å²) in [4.78, 5) is 18.3. The number of halogens is 1. The normalized spacial score (nSPS) is 21.7. The third kappa shape index (κ3) is 2.82. The van der Waals surface area contributed by atoms with Gasteiger partial charge >= 0.3 is 0 Å². The number of piperidine rings is 1. The lowest BCUT2D eigenvalue weighted by molar-refractivity contribution is 0.0578. The molecule has 1 aromatic rings. The third-order valence-corrected chi connectivity index (χ3v) is 3.59. The third-order valence-electron chi connectivity index (χ3n) is 3.36. The Hall–Kier alpha value is -1.13. The van der Waals surface area contributed by atoms with Gasteiger partial charge in [0.15, 0.2) is 0 Å². The van der Waals surface area contributed by atoms with E-state index >= 15 is 0 Å². The van der Waals surface area contributed by atoms with Crippen molar-refractivity contribution < 1.29 is 4.79 Å². The van der Waals surface area contributed by atoms with Crippen LogP contribution in [-0.4, -0.2) is 34.4 Å². The molecule has 0 saturated carbocycles. The lowest BCUT2D eigenvalue weighted by Gasteiger charge is -2.37. The molecule has 5 heteroatoms. The summed E-state index contributed by atoms with van der Waals surface area (Å²) in [5.41, 5.74) is 6.40. The Morgan fingerprint density at radius 3 is 2.94 bits per heavy atom. The minimum absolute atomic E-state index is 0.0125. The van der Waals surface area contributed by atoms with E-state index in [9.17, 15) is 4.79 Å². The van der Waals surface area contributed by atoms with Gasteiger partial charge in [0.2, 0.25) is 0 Å². The molecular formula is C13H18ClN3O. The van der Waals surface area contributed by atoms with Crippen LogP contribution in [0.2, 0.25) is 5.02 Å². The van der Waals surface area contributed by atoms with Gasteiger partial charge in [-0.2, -0.15) is 0 Å². The van der Waals surface area contributed by atoms with Crippen LogP contribution in [0.1, 0.15) is 36.7 Å². The van der Waals surface area contributed by atoms with Crippen LogP contribution < -0.4 is 5.73 Å². The first kappa shape index (κ1) is 13.3. The van der Waals surface area contributed by atoms with Gasteiger partial charge in [-0.3, -0.25) is 4.79 Å². The Bertz CT molecular complexity index is 419. The van der Waals surface area contributed by atoms with E-state index in [1.807, 2.05) is 11.8 Å². The number of amides is 1. The Labute approximate surface area is 112 Å². The molecule has 2 N–H and O–H groups in total. The minimum Gasteiger partial charge on any atom is -0.333 e. The maximum absolute atomic E-state index is 12.4. The SMILES string of the molecule is C[C@@H](N)[C@H]1CCCCN1C(=O)c1ccc(Cl)cn1. The second kappa shape index (κ2) is 5.67. The van der Waals surface area contributed by atoms with Crippen LogP contribution in [0.15, 0.2) is 18.3 Å². The zero-order valence-electron chi connectivity index (χ0n) is 10.5. The molecule has 4 nitrogen and oxygen atoms in total. The number of pyridine rings is 1. The van der Waals surface area contributed by atoms with Crippen molar-refractivity contribution in [1.29, 1.82) is 0 Å². The maximum atomic E-state index is 12.4. The number of carbonyl (C=O) groups is 1. The van der Waals surface area contributed by atoms with Crippen molar-refractivity contribution in [3.8, 4) is 0 Å². The molecule has 18 heavy (non-hydrogen) atoms. The van der Waals surface area contributed by atoms with Crippen molar-refractivity contribution in [1.82, 2.24) is 9.88 Å². The predicted molar refractivity (Wildman–Crippen MR) is 71.6 cm³/mol. The van der Waals surface area contributed by atoms with Crippen molar-refractivity contribution in [2.24, 2.45) is 5.73 Å². The largest absolute Gasteiger partial charge is 0.333 e. The lowest BCUT2D eigenvalue weighted by Crippen LogP contribution is -2.51. The first-order valence-corrected chi connectivity index (χ1v) is 6.65. The van der Waals surface area contributed by atoms with E-state index in [2.05, 4.69) is 4.98 Å². The quantitative estimate of drug-likeness (QED) is 0.892. The Morgan fingerprint density at radius 2 is 2.33 bits per heavy atom. The molecular weight excluding hydrogens is 250 g/mol. The second-order valence-electron chi connectivity index (χ2n) is 4.78. The summed E-state index contributed by atoms with van der Waals surface area (Å²) in [7, 11) is 0. The molecule has 0 spiro atoms. The number of likely N-dealkylation sites (tertiary alicyclic amines) is 1. The Kier molecular flexibility index (Phi) is 4.19. The molecule has 0 bridgehead atoms. The van der Waals surface area contributed by atoms with E-state index in [-0.39, 0.29) is 18.0 Å². The zero-order chi connectivity index (χ0) is 13.1. The summed E-state index contributed by atoms with van der Waals surface area (Å²) in [5.74, 6) is -0.0475. The van der Waals surface area contributed by atoms with Gasteiger partial charge in [0, 0.05) is 24.8 Å². The van der Waals surface area contributed by atoms with Crippen LogP contribution in [0.4, 0.5) is 0 Å². The average molecular weight is 268 g/mol. The molecule has 1 amide bonds. The van der Waals surface area contributed by atoms with Crippen molar-refractivity contribution in [2.75, 3.05) is 6.54 Å². The Morgan fingerprint density at radius 1 is 1.56 bits per heavy atom. The maximum Gasteiger partial charge on any atom is 0.272 e. The summed E-state index contributed by atoms with van der Waals surface area (Å²) in [6.45, 7) is 2.71. The molecule has 0 unspecified atom stereocenters. The molecule has 1 saturated heterocycles. The molecule has 1 aliphatic rings. The number of nitrogens with zero attached hydrogens (tertiary/aromatic N) is 2. The van der Waals surface area contributed by atoms with Gasteiger partial charge in [-0.1, -0.05) is 11.6 Å². The monoisotopic (exact) mass is 267 g/mol. The Balaban J connectivity index is 2.18. The summed E-state index contributed by atoms with van der Waals surface area (Å²) in [6.07, 6.45) is 4.63. The minimum atomic E-state index is -0.0475. The van der Waals surface area contributed by atoms with E-state index < -0.39 is 0 Å². The van der Waals surface area contributed by atoms with Crippen molar-refractivity contribution in [3.05, 3.63) is 29.0 Å². The van der Waals surface area contributed by atoms with Crippen molar-refractivity contribution in [3.63, 3.8) is 0 Å². The van der Waals surface area contributed by atoms with Gasteiger partial charge in [0.1, 0.15) is 5.69 Å². The standard InChI is InChI=1S/C13H18ClN3O/c1-9(15)12-4-2-3-7-17(12)13(18)11-6-5-10(14)8-16-11/h5-6,8-9,12H,2-4,7,15H2,1H3/t9-,12-/m1/s1. The fraction of sp³-hybridized carbons (Fsp3) is 0.538. The van der Waals surface area contributed by atoms with Crippen LogP contribution in [0.25, 0.3) is 0 Å². The number of hydrogen-bond acceptors (Lipinski definition) is 3. The molecule has 1 aromatic heterocycles. The van der Waals surface area contributed by atoms with Gasteiger partial charge in [-0.25, -0.2) is 4.98 Å². The van der Waals surface area contributed by atoms with Gasteiger partial charge < -0.3 is 10.6 Å². The lowest BCUT2D eigenvalue weighted by atomic mass is 9.96. The first-order valence-electron chi connectivity index (χ1n) is 6.27. The summed E-state index contributed by atoms with van der Waals surface area (Å²) >= 11 is 5.77. The van der Waals surface area contributed by atoms with Crippen LogP contribution in [-0.2, 0) is 0 Å². The fourth-order valence-electron chi connectivity index (χ4n) is 2.41. The smallest absolute Gasteiger partial charge is 0.272 e. The van der Waals surface area contributed by atoms with Gasteiger partial charge in [0.05, 0.1) is 5.02 Å². The molecule has 0 radical (unpaired) electrons. The number of rotatable bonds is 2. The van der Waals surface area contributed by atoms with Crippen LogP contribution in [0, 0.1) is 0 Å². The summed E-state index contributed by atoms with van der Waals surface area (Å²) in [6, 6.07) is 3.45. The molecule has 1 fully saturated rings. The predicted octanol–water partition coefficient (Wildman–Crippen LogP) is 2.08. The van der Waals surface area contributed by atoms with Gasteiger partial charge in [-0.15, -0.1) is 0 Å². The van der Waals surface area contributed by atoms with Crippen molar-refractivity contribution >= 4 is 17.5 Å². The fourth-order valence-corrected chi connectivity index (χ4v) is 2.52. The van der Waals surface area contributed by atoms with Crippen LogP contribution in [0.5, 0.6) is 0 Å². The highest BCUT2D eigenvalue weighted by molar-refractivity contribution is 6.30. The number of carbonyl (C=O) groups excluding carboxylic acids is 1. The van der Waals surface area contributed by atoms with E-state index in [0.29, 0.717) is 10.7 Å². The molecule has 0 aromatic carbocycles. The highest BCUT2D eigenvalue weighted by Gasteiger charge is 2.30. The molecule has 0 aliphatic carbocycles. The van der Waals surface area contributed by atoms with Crippen LogP contribution >= 0.6 is 11.6 Å². The molecule has 2 atom stereocenters. The number of nitrogens with two attached hydrogens (primary N) is 1. The molecule has 1 aliphatic heterocycles. The summed E-state index contributed by atoms with van der Waals surface area (Å²) in [5, 5.41) is 0.536. The van der Waals surface area contributed by atoms with E-state index in [4.69, 9.17) is 17.3 Å². The highest BCUT2D eigenvalue weighted by Crippen LogP contribution is 2.21. The average Bonchev–Trinajstić information content (AvgIpc) is 2.39. The van der Waals surface area contributed by atoms with E-state index in [1.54, 1.807) is 12.1 Å². The second-order valence-corrected chi connectivity index (χ2v) is 5.22. The molecule has 98 valence electrons. The van der Waals surface area contributed by atoms with Crippen LogP contribution in [0.3, 0.4) is 0 Å².